The maximum absolute atomic E-state index is 11.2. The van der Waals surface area contributed by atoms with Gasteiger partial charge in [-0.15, -0.1) is 11.3 Å². The number of esters is 1. The zero-order chi connectivity index (χ0) is 11.4. The molecule has 5 nitrogen and oxygen atoms in total. The minimum Gasteiger partial charge on any atom is -0.464 e. The molecule has 0 bridgehead atoms. The van der Waals surface area contributed by atoms with Gasteiger partial charge in [-0.25, -0.2) is 9.78 Å². The van der Waals surface area contributed by atoms with Crippen LogP contribution in [0.1, 0.15) is 30.5 Å². The van der Waals surface area contributed by atoms with Crippen molar-refractivity contribution in [2.24, 2.45) is 5.16 Å². The summed E-state index contributed by atoms with van der Waals surface area (Å²) in [6, 6.07) is 0. The van der Waals surface area contributed by atoms with Crippen LogP contribution in [0.15, 0.2) is 10.5 Å². The topological polar surface area (TPSA) is 71.8 Å². The van der Waals surface area contributed by atoms with Crippen molar-refractivity contribution in [2.45, 2.75) is 19.8 Å². The lowest BCUT2D eigenvalue weighted by Gasteiger charge is -1.98. The molecule has 0 amide bonds. The molecule has 1 aromatic heterocycles. The van der Waals surface area contributed by atoms with Crippen LogP contribution in [0.25, 0.3) is 0 Å². The summed E-state index contributed by atoms with van der Waals surface area (Å²) in [6.45, 7) is 3.99. The third-order valence-electron chi connectivity index (χ3n) is 1.74. The Morgan fingerprint density at radius 2 is 2.33 bits per heavy atom. The van der Waals surface area contributed by atoms with Gasteiger partial charge in [0.2, 0.25) is 5.71 Å². The highest BCUT2D eigenvalue weighted by atomic mass is 32.1. The second-order valence-electron chi connectivity index (χ2n) is 3.17. The van der Waals surface area contributed by atoms with E-state index < -0.39 is 5.97 Å². The summed E-state index contributed by atoms with van der Waals surface area (Å²) in [7, 11) is 1.23. The van der Waals surface area contributed by atoms with Gasteiger partial charge in [0, 0.05) is 11.3 Å². The first-order valence-corrected chi connectivity index (χ1v) is 5.24. The summed E-state index contributed by atoms with van der Waals surface area (Å²) >= 11 is 1.42. The van der Waals surface area contributed by atoms with Crippen molar-refractivity contribution in [3.05, 3.63) is 16.1 Å². The molecule has 0 aliphatic rings. The van der Waals surface area contributed by atoms with Gasteiger partial charge < -0.3 is 9.94 Å². The highest BCUT2D eigenvalue weighted by molar-refractivity contribution is 7.10. The molecule has 1 rings (SSSR count). The van der Waals surface area contributed by atoms with Crippen LogP contribution in [-0.4, -0.2) is 29.0 Å². The second kappa shape index (κ2) is 4.88. The fourth-order valence-electron chi connectivity index (χ4n) is 0.955. The third-order valence-corrected chi connectivity index (χ3v) is 2.88. The molecule has 0 aromatic carbocycles. The van der Waals surface area contributed by atoms with Crippen molar-refractivity contribution in [3.63, 3.8) is 0 Å². The van der Waals surface area contributed by atoms with Gasteiger partial charge in [0.25, 0.3) is 0 Å². The molecular weight excluding hydrogens is 216 g/mol. The lowest BCUT2D eigenvalue weighted by molar-refractivity contribution is -0.132. The summed E-state index contributed by atoms with van der Waals surface area (Å²) in [5.74, 6) is -0.417. The number of ether oxygens (including phenoxy) is 1. The van der Waals surface area contributed by atoms with E-state index in [9.17, 15) is 4.79 Å². The molecule has 1 aromatic rings. The Balaban J connectivity index is 2.99. The van der Waals surface area contributed by atoms with Crippen LogP contribution in [0.5, 0.6) is 0 Å². The SMILES string of the molecule is COC(=O)/C(=N/O)c1csc(C(C)C)n1. The quantitative estimate of drug-likeness (QED) is 0.369. The molecule has 1 heterocycles. The molecular formula is C9H12N2O3S. The number of hydrogen-bond donors (Lipinski definition) is 1. The fraction of sp³-hybridized carbons (Fsp3) is 0.444. The number of methoxy groups -OCH3 is 1. The Hall–Kier alpha value is -1.43. The molecule has 0 atom stereocenters. The normalized spacial score (nSPS) is 11.9. The fourth-order valence-corrected chi connectivity index (χ4v) is 1.77. The van der Waals surface area contributed by atoms with Crippen molar-refractivity contribution >= 4 is 23.0 Å². The van der Waals surface area contributed by atoms with Gasteiger partial charge in [0.05, 0.1) is 12.1 Å². The van der Waals surface area contributed by atoms with Gasteiger partial charge in [0.1, 0.15) is 5.69 Å². The maximum Gasteiger partial charge on any atom is 0.362 e. The maximum atomic E-state index is 11.2. The first kappa shape index (κ1) is 11.6. The first-order chi connectivity index (χ1) is 7.10. The molecule has 0 unspecified atom stereocenters. The van der Waals surface area contributed by atoms with Gasteiger partial charge in [-0.2, -0.15) is 0 Å². The van der Waals surface area contributed by atoms with E-state index in [1.165, 1.54) is 18.4 Å². The van der Waals surface area contributed by atoms with E-state index in [0.29, 0.717) is 5.69 Å². The minimum absolute atomic E-state index is 0.166. The molecule has 0 aliphatic heterocycles. The summed E-state index contributed by atoms with van der Waals surface area (Å²) in [5, 5.41) is 14.1. The lowest BCUT2D eigenvalue weighted by atomic mass is 10.2. The number of nitrogens with zero attached hydrogens (tertiary/aromatic N) is 2. The van der Waals surface area contributed by atoms with E-state index in [0.717, 1.165) is 5.01 Å². The second-order valence-corrected chi connectivity index (χ2v) is 4.06. The highest BCUT2D eigenvalue weighted by Crippen LogP contribution is 2.19. The van der Waals surface area contributed by atoms with Gasteiger partial charge >= 0.3 is 5.97 Å². The van der Waals surface area contributed by atoms with Crippen LogP contribution in [0.2, 0.25) is 0 Å². The number of hydrogen-bond acceptors (Lipinski definition) is 6. The molecule has 15 heavy (non-hydrogen) atoms. The predicted octanol–water partition coefficient (Wildman–Crippen LogP) is 1.62. The first-order valence-electron chi connectivity index (χ1n) is 4.36. The van der Waals surface area contributed by atoms with Gasteiger partial charge in [-0.05, 0) is 0 Å². The highest BCUT2D eigenvalue weighted by Gasteiger charge is 2.19. The number of thiazole rings is 1. The van der Waals surface area contributed by atoms with Crippen LogP contribution in [0, 0.1) is 0 Å². The number of carbonyl (C=O) groups excluding carboxylic acids is 1. The molecule has 0 aliphatic carbocycles. The average Bonchev–Trinajstić information content (AvgIpc) is 2.68. The third kappa shape index (κ3) is 2.53. The number of carbonyl (C=O) groups is 1. The van der Waals surface area contributed by atoms with Crippen molar-refractivity contribution in [1.82, 2.24) is 4.98 Å². The van der Waals surface area contributed by atoms with Crippen LogP contribution >= 0.6 is 11.3 Å². The molecule has 6 heteroatoms. The van der Waals surface area contributed by atoms with E-state index in [4.69, 9.17) is 5.21 Å². The molecule has 0 fully saturated rings. The summed E-state index contributed by atoms with van der Waals surface area (Å²) in [6.07, 6.45) is 0. The lowest BCUT2D eigenvalue weighted by Crippen LogP contribution is -2.17. The van der Waals surface area contributed by atoms with E-state index in [-0.39, 0.29) is 11.6 Å². The Kier molecular flexibility index (Phi) is 3.79. The summed E-state index contributed by atoms with van der Waals surface area (Å²) in [4.78, 5) is 15.4. The number of rotatable bonds is 3. The summed E-state index contributed by atoms with van der Waals surface area (Å²) < 4.78 is 4.46. The molecule has 82 valence electrons. The number of aromatic nitrogens is 1. The minimum atomic E-state index is -0.696. The van der Waals surface area contributed by atoms with E-state index >= 15 is 0 Å². The van der Waals surface area contributed by atoms with Crippen molar-refractivity contribution in [2.75, 3.05) is 7.11 Å². The van der Waals surface area contributed by atoms with Gasteiger partial charge in [-0.1, -0.05) is 19.0 Å². The molecule has 0 saturated carbocycles. The van der Waals surface area contributed by atoms with Crippen LogP contribution in [0.3, 0.4) is 0 Å². The largest absolute Gasteiger partial charge is 0.464 e. The van der Waals surface area contributed by atoms with Crippen LogP contribution in [-0.2, 0) is 9.53 Å². The monoisotopic (exact) mass is 228 g/mol. The molecule has 0 radical (unpaired) electrons. The Morgan fingerprint density at radius 3 is 2.73 bits per heavy atom. The van der Waals surface area contributed by atoms with Crippen molar-refractivity contribution in [3.8, 4) is 0 Å². The number of oxime groups is 1. The van der Waals surface area contributed by atoms with Crippen LogP contribution < -0.4 is 0 Å². The van der Waals surface area contributed by atoms with E-state index in [2.05, 4.69) is 14.9 Å². The Bertz CT molecular complexity index is 384. The molecule has 0 saturated heterocycles. The smallest absolute Gasteiger partial charge is 0.362 e. The van der Waals surface area contributed by atoms with Crippen molar-refractivity contribution in [1.29, 1.82) is 0 Å². The standard InChI is InChI=1S/C9H12N2O3S/c1-5(2)8-10-6(4-15-8)7(11-13)9(12)14-3/h4-5,13H,1-3H3/b11-7+. The Labute approximate surface area is 91.4 Å². The predicted molar refractivity (Wildman–Crippen MR) is 56.5 cm³/mol. The van der Waals surface area contributed by atoms with Gasteiger partial charge in [0.15, 0.2) is 0 Å². The molecule has 0 spiro atoms. The van der Waals surface area contributed by atoms with Crippen LogP contribution in [0.4, 0.5) is 0 Å². The van der Waals surface area contributed by atoms with E-state index in [1.807, 2.05) is 13.8 Å². The average molecular weight is 228 g/mol. The summed E-state index contributed by atoms with van der Waals surface area (Å²) in [5.41, 5.74) is 0.179. The Morgan fingerprint density at radius 1 is 1.67 bits per heavy atom. The molecule has 1 N–H and O–H groups in total. The van der Waals surface area contributed by atoms with Gasteiger partial charge in [-0.3, -0.25) is 0 Å². The van der Waals surface area contributed by atoms with Crippen molar-refractivity contribution < 1.29 is 14.7 Å². The zero-order valence-corrected chi connectivity index (χ0v) is 9.54. The zero-order valence-electron chi connectivity index (χ0n) is 8.72. The van der Waals surface area contributed by atoms with E-state index in [1.54, 1.807) is 5.38 Å².